The fourth-order valence-electron chi connectivity index (χ4n) is 2.20. The molecule has 0 bridgehead atoms. The average molecular weight is 246 g/mol. The molecule has 0 aliphatic carbocycles. The van der Waals surface area contributed by atoms with Crippen LogP contribution in [0.2, 0.25) is 4.34 Å². The van der Waals surface area contributed by atoms with Crippen LogP contribution in [0.5, 0.6) is 0 Å². The van der Waals surface area contributed by atoms with E-state index in [0.29, 0.717) is 0 Å². The second-order valence-corrected chi connectivity index (χ2v) is 5.58. The predicted molar refractivity (Wildman–Crippen MR) is 64.3 cm³/mol. The zero-order valence-corrected chi connectivity index (χ0v) is 10.4. The summed E-state index contributed by atoms with van der Waals surface area (Å²) in [7, 11) is 0. The Morgan fingerprint density at radius 1 is 1.73 bits per heavy atom. The highest BCUT2D eigenvalue weighted by atomic mass is 35.5. The number of rotatable bonds is 2. The van der Waals surface area contributed by atoms with Crippen molar-refractivity contribution in [2.75, 3.05) is 13.1 Å². The van der Waals surface area contributed by atoms with E-state index < -0.39 is 0 Å². The highest BCUT2D eigenvalue weighted by molar-refractivity contribution is 7.15. The molecule has 15 heavy (non-hydrogen) atoms. The number of likely N-dealkylation sites (N-methyl/N-ethyl adjacent to an activating group) is 1. The van der Waals surface area contributed by atoms with Crippen LogP contribution in [-0.4, -0.2) is 29.0 Å². The van der Waals surface area contributed by atoms with E-state index in [-0.39, 0.29) is 12.1 Å². The van der Waals surface area contributed by atoms with Gasteiger partial charge in [-0.05, 0) is 25.9 Å². The topological polar surface area (TPSA) is 42.1 Å². The van der Waals surface area contributed by atoms with Crippen molar-refractivity contribution in [1.29, 1.82) is 0 Å². The van der Waals surface area contributed by atoms with E-state index in [1.165, 1.54) is 6.42 Å². The second-order valence-electron chi connectivity index (χ2n) is 3.88. The van der Waals surface area contributed by atoms with Gasteiger partial charge < -0.3 is 5.73 Å². The monoisotopic (exact) mass is 245 g/mol. The van der Waals surface area contributed by atoms with Gasteiger partial charge in [0, 0.05) is 6.04 Å². The molecule has 5 heteroatoms. The van der Waals surface area contributed by atoms with Crippen LogP contribution in [0.25, 0.3) is 0 Å². The van der Waals surface area contributed by atoms with Gasteiger partial charge in [-0.3, -0.25) is 4.90 Å². The third kappa shape index (κ3) is 2.33. The summed E-state index contributed by atoms with van der Waals surface area (Å²) in [5.41, 5.74) is 6.17. The zero-order valence-electron chi connectivity index (χ0n) is 8.82. The summed E-state index contributed by atoms with van der Waals surface area (Å²) in [5, 5.41) is 1.06. The lowest BCUT2D eigenvalue weighted by Crippen LogP contribution is -2.45. The molecule has 1 aromatic rings. The quantitative estimate of drug-likeness (QED) is 0.869. The predicted octanol–water partition coefficient (Wildman–Crippen LogP) is 2.28. The lowest BCUT2D eigenvalue weighted by atomic mass is 9.97. The van der Waals surface area contributed by atoms with Crippen LogP contribution < -0.4 is 5.73 Å². The Hall–Kier alpha value is -0.160. The van der Waals surface area contributed by atoms with Gasteiger partial charge in [0.2, 0.25) is 0 Å². The number of thiazole rings is 1. The SMILES string of the molecule is CCN1CCCC(N)C1c1ncc(Cl)s1. The molecule has 1 aliphatic heterocycles. The van der Waals surface area contributed by atoms with Gasteiger partial charge in [-0.25, -0.2) is 4.98 Å². The molecule has 1 aromatic heterocycles. The maximum Gasteiger partial charge on any atom is 0.113 e. The largest absolute Gasteiger partial charge is 0.326 e. The van der Waals surface area contributed by atoms with Crippen LogP contribution in [0.4, 0.5) is 0 Å². The van der Waals surface area contributed by atoms with E-state index in [9.17, 15) is 0 Å². The summed E-state index contributed by atoms with van der Waals surface area (Å²) in [6.07, 6.45) is 3.99. The van der Waals surface area contributed by atoms with E-state index in [0.717, 1.165) is 28.9 Å². The summed E-state index contributed by atoms with van der Waals surface area (Å²) in [5.74, 6) is 0. The standard InChI is InChI=1S/C10H16ClN3S/c1-2-14-5-3-4-7(12)9(14)10-13-6-8(11)15-10/h6-7,9H,2-5,12H2,1H3. The molecule has 3 nitrogen and oxygen atoms in total. The Labute approximate surface area is 99.2 Å². The second kappa shape index (κ2) is 4.78. The molecule has 2 atom stereocenters. The number of hydrogen-bond acceptors (Lipinski definition) is 4. The fourth-order valence-corrected chi connectivity index (χ4v) is 3.34. The molecule has 2 N–H and O–H groups in total. The van der Waals surface area contributed by atoms with Gasteiger partial charge in [0.25, 0.3) is 0 Å². The lowest BCUT2D eigenvalue weighted by Gasteiger charge is -2.37. The van der Waals surface area contributed by atoms with Crippen LogP contribution in [0.3, 0.4) is 0 Å². The van der Waals surface area contributed by atoms with E-state index >= 15 is 0 Å². The van der Waals surface area contributed by atoms with Crippen molar-refractivity contribution >= 4 is 22.9 Å². The highest BCUT2D eigenvalue weighted by Gasteiger charge is 2.31. The fraction of sp³-hybridized carbons (Fsp3) is 0.700. The summed E-state index contributed by atoms with van der Waals surface area (Å²) in [6, 6.07) is 0.460. The first-order valence-electron chi connectivity index (χ1n) is 5.33. The molecule has 2 unspecified atom stereocenters. The van der Waals surface area contributed by atoms with E-state index in [1.54, 1.807) is 17.5 Å². The Kier molecular flexibility index (Phi) is 3.61. The van der Waals surface area contributed by atoms with Crippen LogP contribution in [0.1, 0.15) is 30.8 Å². The minimum absolute atomic E-state index is 0.195. The van der Waals surface area contributed by atoms with Crippen molar-refractivity contribution < 1.29 is 0 Å². The van der Waals surface area contributed by atoms with Crippen molar-refractivity contribution in [2.45, 2.75) is 31.8 Å². The Morgan fingerprint density at radius 2 is 2.53 bits per heavy atom. The molecule has 1 fully saturated rings. The Balaban J connectivity index is 2.22. The Morgan fingerprint density at radius 3 is 3.13 bits per heavy atom. The number of hydrogen-bond donors (Lipinski definition) is 1. The maximum absolute atomic E-state index is 6.17. The molecule has 1 saturated heterocycles. The molecule has 0 amide bonds. The van der Waals surface area contributed by atoms with Gasteiger partial charge in [-0.1, -0.05) is 18.5 Å². The maximum atomic E-state index is 6.17. The van der Waals surface area contributed by atoms with Crippen molar-refractivity contribution in [3.8, 4) is 0 Å². The van der Waals surface area contributed by atoms with Gasteiger partial charge in [0.1, 0.15) is 9.34 Å². The lowest BCUT2D eigenvalue weighted by molar-refractivity contribution is 0.135. The third-order valence-electron chi connectivity index (χ3n) is 2.94. The molecular weight excluding hydrogens is 230 g/mol. The van der Waals surface area contributed by atoms with Crippen LogP contribution in [0.15, 0.2) is 6.20 Å². The van der Waals surface area contributed by atoms with Gasteiger partial charge in [0.15, 0.2) is 0 Å². The number of aromatic nitrogens is 1. The average Bonchev–Trinajstić information content (AvgIpc) is 2.64. The first-order chi connectivity index (χ1) is 7.22. The molecule has 2 rings (SSSR count). The highest BCUT2D eigenvalue weighted by Crippen LogP contribution is 2.33. The van der Waals surface area contributed by atoms with Crippen molar-refractivity contribution in [3.63, 3.8) is 0 Å². The van der Waals surface area contributed by atoms with Crippen molar-refractivity contribution in [1.82, 2.24) is 9.88 Å². The molecule has 0 aromatic carbocycles. The first-order valence-corrected chi connectivity index (χ1v) is 6.52. The summed E-state index contributed by atoms with van der Waals surface area (Å²) < 4.78 is 0.749. The van der Waals surface area contributed by atoms with E-state index in [4.69, 9.17) is 17.3 Å². The van der Waals surface area contributed by atoms with Crippen LogP contribution >= 0.6 is 22.9 Å². The number of halogens is 1. The van der Waals surface area contributed by atoms with Crippen LogP contribution in [0, 0.1) is 0 Å². The zero-order chi connectivity index (χ0) is 10.8. The molecule has 1 aliphatic rings. The smallest absolute Gasteiger partial charge is 0.113 e. The minimum atomic E-state index is 0.195. The number of likely N-dealkylation sites (tertiary alicyclic amines) is 1. The summed E-state index contributed by atoms with van der Waals surface area (Å²) in [4.78, 5) is 6.75. The summed E-state index contributed by atoms with van der Waals surface area (Å²) >= 11 is 7.46. The van der Waals surface area contributed by atoms with Crippen LogP contribution in [-0.2, 0) is 0 Å². The summed E-state index contributed by atoms with van der Waals surface area (Å²) in [6.45, 7) is 4.31. The van der Waals surface area contributed by atoms with E-state index in [1.807, 2.05) is 0 Å². The number of nitrogens with two attached hydrogens (primary N) is 1. The van der Waals surface area contributed by atoms with Crippen molar-refractivity contribution in [3.05, 3.63) is 15.5 Å². The molecule has 0 saturated carbocycles. The normalized spacial score (nSPS) is 28.2. The minimum Gasteiger partial charge on any atom is -0.326 e. The van der Waals surface area contributed by atoms with Gasteiger partial charge in [-0.15, -0.1) is 11.3 Å². The molecular formula is C10H16ClN3S. The van der Waals surface area contributed by atoms with Gasteiger partial charge in [0.05, 0.1) is 12.2 Å². The third-order valence-corrected chi connectivity index (χ3v) is 4.12. The molecule has 0 spiro atoms. The van der Waals surface area contributed by atoms with E-state index in [2.05, 4.69) is 16.8 Å². The first kappa shape index (κ1) is 11.3. The van der Waals surface area contributed by atoms with Crippen molar-refractivity contribution in [2.24, 2.45) is 5.73 Å². The Bertz CT molecular complexity index is 328. The van der Waals surface area contributed by atoms with Gasteiger partial charge >= 0.3 is 0 Å². The molecule has 84 valence electrons. The number of nitrogens with zero attached hydrogens (tertiary/aromatic N) is 2. The number of piperidine rings is 1. The van der Waals surface area contributed by atoms with Gasteiger partial charge in [-0.2, -0.15) is 0 Å². The molecule has 2 heterocycles. The molecule has 0 radical (unpaired) electrons.